The summed E-state index contributed by atoms with van der Waals surface area (Å²) >= 11 is 0. The summed E-state index contributed by atoms with van der Waals surface area (Å²) in [7, 11) is 0. The molecule has 0 bridgehead atoms. The van der Waals surface area contributed by atoms with Crippen LogP contribution in [0.1, 0.15) is 93.4 Å². The maximum atomic E-state index is 13.8. The predicted molar refractivity (Wildman–Crippen MR) is 98.3 cm³/mol. The lowest BCUT2D eigenvalue weighted by Crippen LogP contribution is -2.29. The molecule has 138 valence electrons. The Morgan fingerprint density at radius 3 is 2.30 bits per heavy atom. The molecule has 1 saturated carbocycles. The smallest absolute Gasteiger partial charge is 0.102 e. The molecule has 1 rings (SSSR count). The van der Waals surface area contributed by atoms with Crippen molar-refractivity contribution in [3.8, 4) is 0 Å². The van der Waals surface area contributed by atoms with Gasteiger partial charge in [0.15, 0.2) is 0 Å². The van der Waals surface area contributed by atoms with Gasteiger partial charge in [-0.25, -0.2) is 4.39 Å². The Kier molecular flexibility index (Phi) is 7.57. The standard InChI is InChI=1S/C21H41FO/c1-8-21(7)12-9-18(14-21)13-19(15(2)16(3)23)10-11-20(5,6)17(4)22/h15-19,23H,8-14H2,1-7H3. The van der Waals surface area contributed by atoms with Gasteiger partial charge in [-0.1, -0.05) is 41.0 Å². The maximum Gasteiger partial charge on any atom is 0.102 e. The molecule has 0 saturated heterocycles. The summed E-state index contributed by atoms with van der Waals surface area (Å²) < 4.78 is 13.8. The fourth-order valence-electron chi connectivity index (χ4n) is 4.15. The van der Waals surface area contributed by atoms with Gasteiger partial charge in [-0.15, -0.1) is 0 Å². The summed E-state index contributed by atoms with van der Waals surface area (Å²) in [5.74, 6) is 1.60. The van der Waals surface area contributed by atoms with Gasteiger partial charge in [-0.05, 0) is 81.0 Å². The van der Waals surface area contributed by atoms with Crippen molar-refractivity contribution in [2.75, 3.05) is 0 Å². The van der Waals surface area contributed by atoms with Crippen LogP contribution < -0.4 is 0 Å². The number of alkyl halides is 1. The van der Waals surface area contributed by atoms with Gasteiger partial charge in [0, 0.05) is 0 Å². The van der Waals surface area contributed by atoms with E-state index in [1.165, 1.54) is 32.1 Å². The van der Waals surface area contributed by atoms with Crippen LogP contribution in [0.3, 0.4) is 0 Å². The Hall–Kier alpha value is -0.110. The molecular weight excluding hydrogens is 287 g/mol. The second-order valence-corrected chi connectivity index (χ2v) is 9.51. The molecule has 1 aliphatic rings. The largest absolute Gasteiger partial charge is 0.393 e. The van der Waals surface area contributed by atoms with Crippen LogP contribution in [0.25, 0.3) is 0 Å². The minimum Gasteiger partial charge on any atom is -0.393 e. The third-order valence-electron chi connectivity index (χ3n) is 7.17. The minimum atomic E-state index is -0.778. The van der Waals surface area contributed by atoms with E-state index in [4.69, 9.17) is 0 Å². The third-order valence-corrected chi connectivity index (χ3v) is 7.17. The van der Waals surface area contributed by atoms with Gasteiger partial charge in [0.05, 0.1) is 6.10 Å². The minimum absolute atomic E-state index is 0.260. The van der Waals surface area contributed by atoms with Gasteiger partial charge in [-0.2, -0.15) is 0 Å². The fraction of sp³-hybridized carbons (Fsp3) is 1.00. The predicted octanol–water partition coefficient (Wildman–Crippen LogP) is 6.39. The van der Waals surface area contributed by atoms with Gasteiger partial charge < -0.3 is 5.11 Å². The maximum absolute atomic E-state index is 13.8. The highest BCUT2D eigenvalue weighted by Gasteiger charge is 2.36. The molecule has 0 aliphatic heterocycles. The molecule has 6 atom stereocenters. The monoisotopic (exact) mass is 328 g/mol. The summed E-state index contributed by atoms with van der Waals surface area (Å²) in [6, 6.07) is 0. The van der Waals surface area contributed by atoms with E-state index >= 15 is 0 Å². The van der Waals surface area contributed by atoms with Crippen LogP contribution in [0.5, 0.6) is 0 Å². The zero-order valence-corrected chi connectivity index (χ0v) is 16.7. The van der Waals surface area contributed by atoms with E-state index in [-0.39, 0.29) is 11.5 Å². The molecule has 0 heterocycles. The molecule has 6 unspecified atom stereocenters. The van der Waals surface area contributed by atoms with E-state index in [2.05, 4.69) is 20.8 Å². The van der Waals surface area contributed by atoms with Crippen molar-refractivity contribution < 1.29 is 9.50 Å². The normalized spacial score (nSPS) is 30.9. The third kappa shape index (κ3) is 6.03. The van der Waals surface area contributed by atoms with Crippen molar-refractivity contribution in [3.63, 3.8) is 0 Å². The van der Waals surface area contributed by atoms with E-state index in [9.17, 15) is 9.50 Å². The summed E-state index contributed by atoms with van der Waals surface area (Å²) in [4.78, 5) is 0. The Bertz CT molecular complexity index is 350. The number of hydrogen-bond acceptors (Lipinski definition) is 1. The summed E-state index contributed by atoms with van der Waals surface area (Å²) in [5, 5.41) is 10.1. The van der Waals surface area contributed by atoms with Crippen molar-refractivity contribution in [1.29, 1.82) is 0 Å². The van der Waals surface area contributed by atoms with Crippen LogP contribution in [0.2, 0.25) is 0 Å². The van der Waals surface area contributed by atoms with Gasteiger partial charge in [0.1, 0.15) is 6.17 Å². The number of aliphatic hydroxyl groups excluding tert-OH is 1. The molecule has 1 nitrogen and oxygen atoms in total. The van der Waals surface area contributed by atoms with E-state index in [1.807, 2.05) is 20.8 Å². The van der Waals surface area contributed by atoms with Gasteiger partial charge in [0.2, 0.25) is 0 Å². The molecule has 0 spiro atoms. The molecule has 1 fully saturated rings. The average Bonchev–Trinajstić information content (AvgIpc) is 2.84. The van der Waals surface area contributed by atoms with Crippen LogP contribution in [-0.2, 0) is 0 Å². The molecule has 0 amide bonds. The van der Waals surface area contributed by atoms with Crippen molar-refractivity contribution in [1.82, 2.24) is 0 Å². The Labute approximate surface area is 144 Å². The second-order valence-electron chi connectivity index (χ2n) is 9.51. The highest BCUT2D eigenvalue weighted by molar-refractivity contribution is 4.87. The molecule has 0 aromatic heterocycles. The number of rotatable bonds is 9. The van der Waals surface area contributed by atoms with Crippen molar-refractivity contribution >= 4 is 0 Å². The average molecular weight is 329 g/mol. The number of halogens is 1. The summed E-state index contributed by atoms with van der Waals surface area (Å²) in [5.41, 5.74) is 0.264. The SMILES string of the molecule is CCC1(C)CCC(CC(CCC(C)(C)C(C)F)C(C)C(C)O)C1. The van der Waals surface area contributed by atoms with E-state index in [1.54, 1.807) is 6.92 Å². The van der Waals surface area contributed by atoms with E-state index in [0.717, 1.165) is 18.8 Å². The lowest BCUT2D eigenvalue weighted by Gasteiger charge is -2.33. The zero-order chi connectivity index (χ0) is 17.8. The molecule has 1 N–H and O–H groups in total. The number of hydrogen-bond donors (Lipinski definition) is 1. The summed E-state index contributed by atoms with van der Waals surface area (Å²) in [6.45, 7) is 14.6. The number of aliphatic hydroxyl groups is 1. The van der Waals surface area contributed by atoms with E-state index < -0.39 is 6.17 Å². The molecule has 0 aromatic rings. The van der Waals surface area contributed by atoms with Crippen molar-refractivity contribution in [3.05, 3.63) is 0 Å². The molecule has 23 heavy (non-hydrogen) atoms. The molecule has 0 aromatic carbocycles. The van der Waals surface area contributed by atoms with Crippen LogP contribution in [0, 0.1) is 28.6 Å². The van der Waals surface area contributed by atoms with Gasteiger partial charge in [0.25, 0.3) is 0 Å². The second kappa shape index (κ2) is 8.32. The topological polar surface area (TPSA) is 20.2 Å². The van der Waals surface area contributed by atoms with Crippen LogP contribution in [-0.4, -0.2) is 17.4 Å². The highest BCUT2D eigenvalue weighted by Crippen LogP contribution is 2.47. The Morgan fingerprint density at radius 1 is 1.26 bits per heavy atom. The molecule has 0 radical (unpaired) electrons. The first-order valence-electron chi connectivity index (χ1n) is 9.83. The lowest BCUT2D eigenvalue weighted by molar-refractivity contribution is 0.0690. The Morgan fingerprint density at radius 2 is 1.87 bits per heavy atom. The van der Waals surface area contributed by atoms with Crippen molar-refractivity contribution in [2.24, 2.45) is 28.6 Å². The zero-order valence-electron chi connectivity index (χ0n) is 16.7. The lowest BCUT2D eigenvalue weighted by atomic mass is 9.74. The first-order valence-corrected chi connectivity index (χ1v) is 9.83. The molecule has 2 heteroatoms. The van der Waals surface area contributed by atoms with Crippen LogP contribution in [0.4, 0.5) is 4.39 Å². The first kappa shape index (κ1) is 20.9. The van der Waals surface area contributed by atoms with Crippen molar-refractivity contribution in [2.45, 2.75) is 106 Å². The quantitative estimate of drug-likeness (QED) is 0.520. The van der Waals surface area contributed by atoms with Gasteiger partial charge in [-0.3, -0.25) is 0 Å². The van der Waals surface area contributed by atoms with Crippen LogP contribution >= 0.6 is 0 Å². The fourth-order valence-corrected chi connectivity index (χ4v) is 4.15. The highest BCUT2D eigenvalue weighted by atomic mass is 19.1. The molecular formula is C21H41FO. The van der Waals surface area contributed by atoms with E-state index in [0.29, 0.717) is 17.3 Å². The summed E-state index contributed by atoms with van der Waals surface area (Å²) in [6.07, 6.45) is 7.37. The Balaban J connectivity index is 2.67. The molecule has 1 aliphatic carbocycles. The van der Waals surface area contributed by atoms with Crippen LogP contribution in [0.15, 0.2) is 0 Å². The first-order chi connectivity index (χ1) is 10.5. The van der Waals surface area contributed by atoms with Gasteiger partial charge >= 0.3 is 0 Å².